The Morgan fingerprint density at radius 1 is 1.29 bits per heavy atom. The van der Waals surface area contributed by atoms with Crippen LogP contribution in [0.15, 0.2) is 24.3 Å². The Kier molecular flexibility index (Phi) is 10.7. The molecular formula is C14H24O3. The Morgan fingerprint density at radius 2 is 2.00 bits per heavy atom. The van der Waals surface area contributed by atoms with Crippen molar-refractivity contribution >= 4 is 5.97 Å². The number of aliphatic hydroxyl groups is 1. The van der Waals surface area contributed by atoms with Crippen molar-refractivity contribution in [1.82, 2.24) is 0 Å². The van der Waals surface area contributed by atoms with E-state index in [4.69, 9.17) is 9.84 Å². The standard InChI is InChI=1S/C14H24O3/c1-3-17-14(16)12-10-8-6-4-5-7-9-11-13(2)15/h4,6-7,9,13,15H,3,5,8,10-12H2,1-2H3/b6-4-,9-7-. The second-order valence-corrected chi connectivity index (χ2v) is 3.96. The van der Waals surface area contributed by atoms with Crippen LogP contribution in [0, 0.1) is 0 Å². The molecule has 1 unspecified atom stereocenters. The van der Waals surface area contributed by atoms with Gasteiger partial charge in [-0.05, 0) is 39.5 Å². The summed E-state index contributed by atoms with van der Waals surface area (Å²) in [5, 5.41) is 9.01. The topological polar surface area (TPSA) is 46.5 Å². The molecule has 98 valence electrons. The van der Waals surface area contributed by atoms with Crippen LogP contribution in [-0.2, 0) is 9.53 Å². The summed E-state index contributed by atoms with van der Waals surface area (Å²) >= 11 is 0. The smallest absolute Gasteiger partial charge is 0.305 e. The molecule has 0 aliphatic rings. The summed E-state index contributed by atoms with van der Waals surface area (Å²) in [6.07, 6.45) is 11.7. The van der Waals surface area contributed by atoms with Crippen molar-refractivity contribution in [1.29, 1.82) is 0 Å². The zero-order chi connectivity index (χ0) is 12.9. The number of hydrogen-bond donors (Lipinski definition) is 1. The molecule has 0 bridgehead atoms. The molecule has 0 aliphatic carbocycles. The predicted octanol–water partition coefficient (Wildman–Crippen LogP) is 2.99. The highest BCUT2D eigenvalue weighted by Crippen LogP contribution is 2.00. The average molecular weight is 240 g/mol. The van der Waals surface area contributed by atoms with Gasteiger partial charge in [0.1, 0.15) is 0 Å². The van der Waals surface area contributed by atoms with Gasteiger partial charge in [0.2, 0.25) is 0 Å². The molecule has 0 fully saturated rings. The normalized spacial score (nSPS) is 13.4. The number of hydrogen-bond acceptors (Lipinski definition) is 3. The van der Waals surface area contributed by atoms with Crippen molar-refractivity contribution in [2.75, 3.05) is 6.61 Å². The van der Waals surface area contributed by atoms with Crippen molar-refractivity contribution in [2.45, 2.75) is 52.1 Å². The fraction of sp³-hybridized carbons (Fsp3) is 0.643. The van der Waals surface area contributed by atoms with Gasteiger partial charge in [-0.1, -0.05) is 24.3 Å². The Balaban J connectivity index is 3.37. The van der Waals surface area contributed by atoms with E-state index in [1.165, 1.54) is 0 Å². The van der Waals surface area contributed by atoms with E-state index in [0.29, 0.717) is 19.4 Å². The minimum absolute atomic E-state index is 0.113. The third kappa shape index (κ3) is 12.8. The van der Waals surface area contributed by atoms with E-state index < -0.39 is 0 Å². The fourth-order valence-corrected chi connectivity index (χ4v) is 1.28. The van der Waals surface area contributed by atoms with Gasteiger partial charge in [-0.25, -0.2) is 0 Å². The quantitative estimate of drug-likeness (QED) is 0.383. The second kappa shape index (κ2) is 11.4. The van der Waals surface area contributed by atoms with E-state index in [1.54, 1.807) is 6.92 Å². The molecule has 3 nitrogen and oxygen atoms in total. The maximum absolute atomic E-state index is 11.0. The molecular weight excluding hydrogens is 216 g/mol. The van der Waals surface area contributed by atoms with Gasteiger partial charge in [0.25, 0.3) is 0 Å². The minimum Gasteiger partial charge on any atom is -0.466 e. The van der Waals surface area contributed by atoms with Crippen LogP contribution in [0.25, 0.3) is 0 Å². The summed E-state index contributed by atoms with van der Waals surface area (Å²) in [5.74, 6) is -0.113. The molecule has 0 heterocycles. The maximum atomic E-state index is 11.0. The molecule has 0 aromatic rings. The zero-order valence-corrected chi connectivity index (χ0v) is 10.9. The Hall–Kier alpha value is -1.09. The molecule has 17 heavy (non-hydrogen) atoms. The summed E-state index contributed by atoms with van der Waals surface area (Å²) in [6, 6.07) is 0. The summed E-state index contributed by atoms with van der Waals surface area (Å²) in [6.45, 7) is 4.05. The van der Waals surface area contributed by atoms with Crippen molar-refractivity contribution in [2.24, 2.45) is 0 Å². The third-order valence-corrected chi connectivity index (χ3v) is 2.14. The van der Waals surface area contributed by atoms with Crippen molar-refractivity contribution in [3.05, 3.63) is 24.3 Å². The lowest BCUT2D eigenvalue weighted by Gasteiger charge is -1.98. The van der Waals surface area contributed by atoms with Gasteiger partial charge < -0.3 is 9.84 Å². The molecule has 0 saturated carbocycles. The molecule has 0 aromatic heterocycles. The minimum atomic E-state index is -0.264. The second-order valence-electron chi connectivity index (χ2n) is 3.96. The van der Waals surface area contributed by atoms with Gasteiger partial charge in [-0.2, -0.15) is 0 Å². The summed E-state index contributed by atoms with van der Waals surface area (Å²) in [4.78, 5) is 11.0. The third-order valence-electron chi connectivity index (χ3n) is 2.14. The van der Waals surface area contributed by atoms with Crippen molar-refractivity contribution in [3.8, 4) is 0 Å². The highest BCUT2D eigenvalue weighted by molar-refractivity contribution is 5.69. The average Bonchev–Trinajstić information content (AvgIpc) is 2.27. The SMILES string of the molecule is CCOC(=O)CCC/C=C\C/C=C\CC(C)O. The first kappa shape index (κ1) is 15.9. The monoisotopic (exact) mass is 240 g/mol. The summed E-state index contributed by atoms with van der Waals surface area (Å²) < 4.78 is 4.83. The molecule has 1 atom stereocenters. The molecule has 0 rings (SSSR count). The van der Waals surface area contributed by atoms with Crippen LogP contribution in [-0.4, -0.2) is 23.8 Å². The molecule has 3 heteroatoms. The number of rotatable bonds is 9. The highest BCUT2D eigenvalue weighted by atomic mass is 16.5. The van der Waals surface area contributed by atoms with Gasteiger partial charge in [-0.15, -0.1) is 0 Å². The first-order valence-corrected chi connectivity index (χ1v) is 6.30. The summed E-state index contributed by atoms with van der Waals surface area (Å²) in [5.41, 5.74) is 0. The van der Waals surface area contributed by atoms with E-state index in [0.717, 1.165) is 19.3 Å². The van der Waals surface area contributed by atoms with Gasteiger partial charge in [-0.3, -0.25) is 4.79 Å². The largest absolute Gasteiger partial charge is 0.466 e. The van der Waals surface area contributed by atoms with E-state index in [1.807, 2.05) is 19.1 Å². The zero-order valence-electron chi connectivity index (χ0n) is 10.9. The maximum Gasteiger partial charge on any atom is 0.305 e. The van der Waals surface area contributed by atoms with Crippen LogP contribution in [0.2, 0.25) is 0 Å². The number of carbonyl (C=O) groups excluding carboxylic acids is 1. The van der Waals surface area contributed by atoms with Gasteiger partial charge in [0, 0.05) is 6.42 Å². The van der Waals surface area contributed by atoms with Gasteiger partial charge >= 0.3 is 5.97 Å². The Bertz CT molecular complexity index is 242. The van der Waals surface area contributed by atoms with Crippen LogP contribution in [0.3, 0.4) is 0 Å². The number of allylic oxidation sites excluding steroid dienone is 3. The van der Waals surface area contributed by atoms with E-state index in [2.05, 4.69) is 12.2 Å². The van der Waals surface area contributed by atoms with Crippen LogP contribution in [0.1, 0.15) is 46.0 Å². The number of aliphatic hydroxyl groups excluding tert-OH is 1. The Labute approximate surface area is 104 Å². The molecule has 1 N–H and O–H groups in total. The van der Waals surface area contributed by atoms with Crippen LogP contribution < -0.4 is 0 Å². The first-order valence-electron chi connectivity index (χ1n) is 6.30. The molecule has 0 radical (unpaired) electrons. The lowest BCUT2D eigenvalue weighted by molar-refractivity contribution is -0.143. The molecule has 0 aromatic carbocycles. The van der Waals surface area contributed by atoms with E-state index in [9.17, 15) is 4.79 Å². The number of esters is 1. The number of ether oxygens (including phenoxy) is 1. The Morgan fingerprint density at radius 3 is 2.65 bits per heavy atom. The first-order chi connectivity index (χ1) is 8.16. The lowest BCUT2D eigenvalue weighted by atomic mass is 10.2. The van der Waals surface area contributed by atoms with Crippen LogP contribution >= 0.6 is 0 Å². The predicted molar refractivity (Wildman–Crippen MR) is 69.7 cm³/mol. The van der Waals surface area contributed by atoms with Gasteiger partial charge in [0.15, 0.2) is 0 Å². The van der Waals surface area contributed by atoms with E-state index in [-0.39, 0.29) is 12.1 Å². The van der Waals surface area contributed by atoms with Crippen molar-refractivity contribution in [3.63, 3.8) is 0 Å². The number of carbonyl (C=O) groups is 1. The lowest BCUT2D eigenvalue weighted by Crippen LogP contribution is -2.02. The van der Waals surface area contributed by atoms with Gasteiger partial charge in [0.05, 0.1) is 12.7 Å². The van der Waals surface area contributed by atoms with E-state index >= 15 is 0 Å². The van der Waals surface area contributed by atoms with Crippen molar-refractivity contribution < 1.29 is 14.6 Å². The van der Waals surface area contributed by atoms with Crippen LogP contribution in [0.5, 0.6) is 0 Å². The summed E-state index contributed by atoms with van der Waals surface area (Å²) in [7, 11) is 0. The fourth-order valence-electron chi connectivity index (χ4n) is 1.28. The number of unbranched alkanes of at least 4 members (excludes halogenated alkanes) is 1. The molecule has 0 spiro atoms. The highest BCUT2D eigenvalue weighted by Gasteiger charge is 1.98. The van der Waals surface area contributed by atoms with Crippen LogP contribution in [0.4, 0.5) is 0 Å². The molecule has 0 amide bonds. The molecule has 0 aliphatic heterocycles. The molecule has 0 saturated heterocycles.